The minimum Gasteiger partial charge on any atom is -0.494 e. The fourth-order valence-electron chi connectivity index (χ4n) is 2.74. The lowest BCUT2D eigenvalue weighted by molar-refractivity contribution is -0.138. The summed E-state index contributed by atoms with van der Waals surface area (Å²) < 4.78 is 82.9. The standard InChI is InChI=1S/C21H15F6NO/c1-2-29-17-11-18(13-6-8-15(9-7-13)20(22,23)24)28-19(12-17)14-4-3-5-16(10-14)21(25,26)27/h3-12H,2H2,1H3. The van der Waals surface area contributed by atoms with Gasteiger partial charge in [0.25, 0.3) is 0 Å². The maximum Gasteiger partial charge on any atom is 0.416 e. The lowest BCUT2D eigenvalue weighted by atomic mass is 10.0. The third-order valence-corrected chi connectivity index (χ3v) is 4.10. The average molecular weight is 411 g/mol. The van der Waals surface area contributed by atoms with Gasteiger partial charge in [0.15, 0.2) is 0 Å². The van der Waals surface area contributed by atoms with Gasteiger partial charge in [-0.15, -0.1) is 0 Å². The highest BCUT2D eigenvalue weighted by atomic mass is 19.4. The zero-order valence-electron chi connectivity index (χ0n) is 15.1. The van der Waals surface area contributed by atoms with Gasteiger partial charge < -0.3 is 4.74 Å². The van der Waals surface area contributed by atoms with E-state index >= 15 is 0 Å². The van der Waals surface area contributed by atoms with Crippen LogP contribution in [0.1, 0.15) is 18.1 Å². The molecule has 0 spiro atoms. The van der Waals surface area contributed by atoms with Crippen LogP contribution in [0.4, 0.5) is 26.3 Å². The van der Waals surface area contributed by atoms with Crippen molar-refractivity contribution in [3.8, 4) is 28.3 Å². The van der Waals surface area contributed by atoms with E-state index in [1.165, 1.54) is 36.4 Å². The van der Waals surface area contributed by atoms with Crippen molar-refractivity contribution in [3.63, 3.8) is 0 Å². The quantitative estimate of drug-likeness (QED) is 0.438. The molecular formula is C21H15F6NO. The first-order valence-corrected chi connectivity index (χ1v) is 8.58. The molecule has 2 nitrogen and oxygen atoms in total. The van der Waals surface area contributed by atoms with E-state index < -0.39 is 23.5 Å². The summed E-state index contributed by atoms with van der Waals surface area (Å²) >= 11 is 0. The molecule has 0 amide bonds. The van der Waals surface area contributed by atoms with E-state index in [9.17, 15) is 26.3 Å². The van der Waals surface area contributed by atoms with E-state index in [0.717, 1.165) is 24.3 Å². The van der Waals surface area contributed by atoms with Gasteiger partial charge in [-0.2, -0.15) is 26.3 Å². The molecule has 0 bridgehead atoms. The van der Waals surface area contributed by atoms with Gasteiger partial charge in [-0.25, -0.2) is 4.98 Å². The number of aromatic nitrogens is 1. The molecule has 0 N–H and O–H groups in total. The highest BCUT2D eigenvalue weighted by molar-refractivity contribution is 5.69. The van der Waals surface area contributed by atoms with Crippen molar-refractivity contribution in [3.05, 3.63) is 71.8 Å². The molecule has 29 heavy (non-hydrogen) atoms. The number of nitrogens with zero attached hydrogens (tertiary/aromatic N) is 1. The minimum atomic E-state index is -4.51. The number of rotatable bonds is 4. The summed E-state index contributed by atoms with van der Waals surface area (Å²) in [5.41, 5.74) is -0.522. The van der Waals surface area contributed by atoms with E-state index in [4.69, 9.17) is 4.74 Å². The zero-order chi connectivity index (χ0) is 21.2. The zero-order valence-corrected chi connectivity index (χ0v) is 15.1. The number of pyridine rings is 1. The van der Waals surface area contributed by atoms with E-state index in [2.05, 4.69) is 4.98 Å². The molecular weight excluding hydrogens is 396 g/mol. The summed E-state index contributed by atoms with van der Waals surface area (Å²) in [6.45, 7) is 2.04. The van der Waals surface area contributed by atoms with Gasteiger partial charge in [0.05, 0.1) is 29.1 Å². The molecule has 1 aromatic heterocycles. The number of halogens is 6. The van der Waals surface area contributed by atoms with Crippen LogP contribution in [0.2, 0.25) is 0 Å². The van der Waals surface area contributed by atoms with Crippen molar-refractivity contribution < 1.29 is 31.1 Å². The van der Waals surface area contributed by atoms with E-state index in [1.54, 1.807) is 6.92 Å². The Balaban J connectivity index is 2.07. The maximum absolute atomic E-state index is 13.0. The molecule has 0 atom stereocenters. The smallest absolute Gasteiger partial charge is 0.416 e. The number of ether oxygens (including phenoxy) is 1. The molecule has 0 aliphatic carbocycles. The highest BCUT2D eigenvalue weighted by Crippen LogP contribution is 2.35. The second-order valence-corrected chi connectivity index (χ2v) is 6.16. The van der Waals surface area contributed by atoms with Gasteiger partial charge in [0.1, 0.15) is 5.75 Å². The molecule has 0 saturated heterocycles. The van der Waals surface area contributed by atoms with Gasteiger partial charge in [-0.05, 0) is 31.2 Å². The molecule has 152 valence electrons. The maximum atomic E-state index is 13.0. The number of hydrogen-bond acceptors (Lipinski definition) is 2. The molecule has 0 aliphatic rings. The fraction of sp³-hybridized carbons (Fsp3) is 0.190. The van der Waals surface area contributed by atoms with Crippen molar-refractivity contribution >= 4 is 0 Å². The van der Waals surface area contributed by atoms with Gasteiger partial charge in [0.2, 0.25) is 0 Å². The molecule has 1 heterocycles. The Morgan fingerprint density at radius 3 is 1.86 bits per heavy atom. The summed E-state index contributed by atoms with van der Waals surface area (Å²) in [5.74, 6) is 0.352. The lowest BCUT2D eigenvalue weighted by Gasteiger charge is -2.12. The van der Waals surface area contributed by atoms with Crippen LogP contribution in [0.25, 0.3) is 22.5 Å². The normalized spacial score (nSPS) is 12.1. The van der Waals surface area contributed by atoms with E-state index in [0.29, 0.717) is 17.9 Å². The molecule has 0 unspecified atom stereocenters. The Morgan fingerprint density at radius 2 is 1.31 bits per heavy atom. The number of benzene rings is 2. The Bertz CT molecular complexity index is 993. The van der Waals surface area contributed by atoms with Crippen molar-refractivity contribution in [2.24, 2.45) is 0 Å². The molecule has 8 heteroatoms. The number of alkyl halides is 6. The second-order valence-electron chi connectivity index (χ2n) is 6.16. The lowest BCUT2D eigenvalue weighted by Crippen LogP contribution is -2.05. The third-order valence-electron chi connectivity index (χ3n) is 4.10. The molecule has 2 aromatic carbocycles. The van der Waals surface area contributed by atoms with Crippen molar-refractivity contribution in [1.82, 2.24) is 4.98 Å². The summed E-state index contributed by atoms with van der Waals surface area (Å²) in [4.78, 5) is 4.34. The Kier molecular flexibility index (Phi) is 5.55. The average Bonchev–Trinajstić information content (AvgIpc) is 2.67. The van der Waals surface area contributed by atoms with Crippen molar-refractivity contribution in [1.29, 1.82) is 0 Å². The second kappa shape index (κ2) is 7.77. The van der Waals surface area contributed by atoms with Crippen LogP contribution in [0, 0.1) is 0 Å². The van der Waals surface area contributed by atoms with Gasteiger partial charge in [0, 0.05) is 23.3 Å². The molecule has 0 fully saturated rings. The van der Waals surface area contributed by atoms with E-state index in [-0.39, 0.29) is 17.0 Å². The number of hydrogen-bond donors (Lipinski definition) is 0. The van der Waals surface area contributed by atoms with E-state index in [1.807, 2.05) is 0 Å². The van der Waals surface area contributed by atoms with Crippen molar-refractivity contribution in [2.45, 2.75) is 19.3 Å². The van der Waals surface area contributed by atoms with Crippen molar-refractivity contribution in [2.75, 3.05) is 6.61 Å². The first kappa shape index (κ1) is 20.7. The Labute approximate surface area is 162 Å². The summed E-state index contributed by atoms with van der Waals surface area (Å²) in [6, 6.07) is 12.1. The van der Waals surface area contributed by atoms with Crippen LogP contribution in [0.15, 0.2) is 60.7 Å². The first-order valence-electron chi connectivity index (χ1n) is 8.58. The minimum absolute atomic E-state index is 0.217. The summed E-state index contributed by atoms with van der Waals surface area (Å²) in [6.07, 6.45) is -8.98. The summed E-state index contributed by atoms with van der Waals surface area (Å²) in [5, 5.41) is 0. The van der Waals surface area contributed by atoms with Gasteiger partial charge in [-0.1, -0.05) is 24.3 Å². The van der Waals surface area contributed by atoms with Gasteiger partial charge in [-0.3, -0.25) is 0 Å². The summed E-state index contributed by atoms with van der Waals surface area (Å²) in [7, 11) is 0. The van der Waals surface area contributed by atoms with Crippen LogP contribution >= 0.6 is 0 Å². The molecule has 0 aliphatic heterocycles. The Morgan fingerprint density at radius 1 is 0.724 bits per heavy atom. The highest BCUT2D eigenvalue weighted by Gasteiger charge is 2.31. The molecule has 3 rings (SSSR count). The largest absolute Gasteiger partial charge is 0.494 e. The SMILES string of the molecule is CCOc1cc(-c2ccc(C(F)(F)F)cc2)nc(-c2cccc(C(F)(F)F)c2)c1. The fourth-order valence-corrected chi connectivity index (χ4v) is 2.74. The first-order chi connectivity index (χ1) is 13.6. The predicted octanol–water partition coefficient (Wildman–Crippen LogP) is 6.85. The van der Waals surface area contributed by atoms with Crippen LogP contribution in [-0.4, -0.2) is 11.6 Å². The van der Waals surface area contributed by atoms with Crippen LogP contribution < -0.4 is 4.74 Å². The predicted molar refractivity (Wildman–Crippen MR) is 96.3 cm³/mol. The van der Waals surface area contributed by atoms with Crippen LogP contribution in [0.5, 0.6) is 5.75 Å². The Hall–Kier alpha value is -3.03. The van der Waals surface area contributed by atoms with Crippen LogP contribution in [-0.2, 0) is 12.4 Å². The topological polar surface area (TPSA) is 22.1 Å². The third kappa shape index (κ3) is 4.88. The molecule has 0 saturated carbocycles. The molecule has 0 radical (unpaired) electrons. The monoisotopic (exact) mass is 411 g/mol. The molecule has 3 aromatic rings. The van der Waals surface area contributed by atoms with Crippen LogP contribution in [0.3, 0.4) is 0 Å². The van der Waals surface area contributed by atoms with Gasteiger partial charge >= 0.3 is 12.4 Å².